The molecule has 0 aliphatic rings. The monoisotopic (exact) mass is 404 g/mol. The molecule has 0 fully saturated rings. The smallest absolute Gasteiger partial charge is 0.244 e. The zero-order valence-corrected chi connectivity index (χ0v) is 17.5. The van der Waals surface area contributed by atoms with Gasteiger partial charge in [0.1, 0.15) is 0 Å². The summed E-state index contributed by atoms with van der Waals surface area (Å²) in [5.74, 6) is -0.124. The minimum atomic E-state index is -0.124. The van der Waals surface area contributed by atoms with Crippen LogP contribution in [0, 0.1) is 0 Å². The van der Waals surface area contributed by atoms with Crippen LogP contribution in [0.5, 0.6) is 0 Å². The zero-order chi connectivity index (χ0) is 21.2. The molecule has 0 aliphatic carbocycles. The molecule has 1 heterocycles. The number of para-hydroxylation sites is 1. The number of ether oxygens (including phenoxy) is 1. The molecule has 6 nitrogen and oxygen atoms in total. The molecule has 0 unspecified atom stereocenters. The van der Waals surface area contributed by atoms with Gasteiger partial charge in [0.2, 0.25) is 5.91 Å². The predicted octanol–water partition coefficient (Wildman–Crippen LogP) is 3.25. The molecule has 0 bridgehead atoms. The Balaban J connectivity index is 1.71. The molecule has 6 heteroatoms. The molecule has 1 aromatic heterocycles. The SMILES string of the molecule is COCCN(C)CCNC(=O)/C=C/c1cn(-c2ccccc2)nc1-c1ccccc1. The molecule has 30 heavy (non-hydrogen) atoms. The Kier molecular flexibility index (Phi) is 7.94. The second kappa shape index (κ2) is 11.1. The minimum Gasteiger partial charge on any atom is -0.383 e. The van der Waals surface area contributed by atoms with Crippen LogP contribution in [-0.2, 0) is 9.53 Å². The van der Waals surface area contributed by atoms with E-state index < -0.39 is 0 Å². The lowest BCUT2D eigenvalue weighted by atomic mass is 10.1. The van der Waals surface area contributed by atoms with E-state index in [0.29, 0.717) is 13.2 Å². The summed E-state index contributed by atoms with van der Waals surface area (Å²) in [6.07, 6.45) is 5.33. The summed E-state index contributed by atoms with van der Waals surface area (Å²) < 4.78 is 6.90. The summed E-state index contributed by atoms with van der Waals surface area (Å²) in [6, 6.07) is 19.9. The van der Waals surface area contributed by atoms with Gasteiger partial charge in [0.25, 0.3) is 0 Å². The van der Waals surface area contributed by atoms with Crippen LogP contribution in [0.25, 0.3) is 23.0 Å². The molecule has 0 saturated heterocycles. The van der Waals surface area contributed by atoms with Crippen molar-refractivity contribution in [3.05, 3.63) is 78.5 Å². The summed E-state index contributed by atoms with van der Waals surface area (Å²) in [4.78, 5) is 14.4. The van der Waals surface area contributed by atoms with Crippen LogP contribution < -0.4 is 5.32 Å². The Hall–Kier alpha value is -3.22. The van der Waals surface area contributed by atoms with E-state index in [1.165, 1.54) is 0 Å². The standard InChI is InChI=1S/C24H28N4O2/c1-27(17-18-30-2)16-15-25-23(29)14-13-21-19-28(22-11-7-4-8-12-22)26-24(21)20-9-5-3-6-10-20/h3-14,19H,15-18H2,1-2H3,(H,25,29)/b14-13+. The number of hydrogen-bond acceptors (Lipinski definition) is 4. The summed E-state index contributed by atoms with van der Waals surface area (Å²) in [6.45, 7) is 2.86. The predicted molar refractivity (Wildman–Crippen MR) is 120 cm³/mol. The van der Waals surface area contributed by atoms with Gasteiger partial charge in [-0.1, -0.05) is 48.5 Å². The minimum absolute atomic E-state index is 0.124. The first kappa shape index (κ1) is 21.5. The highest BCUT2D eigenvalue weighted by molar-refractivity contribution is 5.92. The van der Waals surface area contributed by atoms with E-state index in [-0.39, 0.29) is 5.91 Å². The molecule has 156 valence electrons. The average Bonchev–Trinajstić information content (AvgIpc) is 3.22. The number of nitrogens with one attached hydrogen (secondary N) is 1. The molecule has 0 saturated carbocycles. The quantitative estimate of drug-likeness (QED) is 0.527. The van der Waals surface area contributed by atoms with Crippen molar-refractivity contribution in [1.82, 2.24) is 20.0 Å². The number of amides is 1. The largest absolute Gasteiger partial charge is 0.383 e. The number of aromatic nitrogens is 2. The van der Waals surface area contributed by atoms with E-state index in [1.54, 1.807) is 13.2 Å². The Bertz CT molecular complexity index is 952. The van der Waals surface area contributed by atoms with Crippen LogP contribution in [0.15, 0.2) is 72.9 Å². The summed E-state index contributed by atoms with van der Waals surface area (Å²) in [7, 11) is 3.69. The Labute approximate surface area is 177 Å². The first-order chi connectivity index (χ1) is 14.7. The molecule has 0 aliphatic heterocycles. The van der Waals surface area contributed by atoms with Crippen LogP contribution in [0.1, 0.15) is 5.56 Å². The van der Waals surface area contributed by atoms with E-state index in [2.05, 4.69) is 10.2 Å². The topological polar surface area (TPSA) is 59.4 Å². The molecule has 1 N–H and O–H groups in total. The molecule has 0 spiro atoms. The fourth-order valence-corrected chi connectivity index (χ4v) is 3.00. The van der Waals surface area contributed by atoms with Gasteiger partial charge in [-0.3, -0.25) is 4.79 Å². The van der Waals surface area contributed by atoms with Crippen LogP contribution in [0.4, 0.5) is 0 Å². The second-order valence-electron chi connectivity index (χ2n) is 7.00. The van der Waals surface area contributed by atoms with Gasteiger partial charge in [-0.25, -0.2) is 4.68 Å². The number of hydrogen-bond donors (Lipinski definition) is 1. The number of nitrogens with zero attached hydrogens (tertiary/aromatic N) is 3. The lowest BCUT2D eigenvalue weighted by Gasteiger charge is -2.15. The van der Waals surface area contributed by atoms with Gasteiger partial charge in [-0.2, -0.15) is 5.10 Å². The zero-order valence-electron chi connectivity index (χ0n) is 17.5. The third-order valence-electron chi connectivity index (χ3n) is 4.69. The normalized spacial score (nSPS) is 11.3. The van der Waals surface area contributed by atoms with Gasteiger partial charge in [0.15, 0.2) is 0 Å². The second-order valence-corrected chi connectivity index (χ2v) is 7.00. The maximum atomic E-state index is 12.3. The summed E-state index contributed by atoms with van der Waals surface area (Å²) >= 11 is 0. The number of methoxy groups -OCH3 is 1. The number of rotatable bonds is 10. The Morgan fingerprint density at radius 3 is 2.50 bits per heavy atom. The lowest BCUT2D eigenvalue weighted by Crippen LogP contribution is -2.33. The van der Waals surface area contributed by atoms with Crippen LogP contribution >= 0.6 is 0 Å². The molecular weight excluding hydrogens is 376 g/mol. The summed E-state index contributed by atoms with van der Waals surface area (Å²) in [5, 5.41) is 7.68. The first-order valence-corrected chi connectivity index (χ1v) is 10.0. The number of carbonyl (C=O) groups is 1. The van der Waals surface area contributed by atoms with E-state index >= 15 is 0 Å². The molecule has 1 amide bonds. The molecule has 3 rings (SSSR count). The fourth-order valence-electron chi connectivity index (χ4n) is 3.00. The van der Waals surface area contributed by atoms with Gasteiger partial charge in [-0.05, 0) is 25.3 Å². The van der Waals surface area contributed by atoms with Crippen molar-refractivity contribution in [2.24, 2.45) is 0 Å². The molecule has 0 radical (unpaired) electrons. The van der Waals surface area contributed by atoms with Crippen molar-refractivity contribution in [3.63, 3.8) is 0 Å². The van der Waals surface area contributed by atoms with Crippen molar-refractivity contribution < 1.29 is 9.53 Å². The number of carbonyl (C=O) groups excluding carboxylic acids is 1. The van der Waals surface area contributed by atoms with Gasteiger partial charge in [-0.15, -0.1) is 0 Å². The van der Waals surface area contributed by atoms with E-state index in [0.717, 1.165) is 35.6 Å². The van der Waals surface area contributed by atoms with Gasteiger partial charge in [0, 0.05) is 50.1 Å². The van der Waals surface area contributed by atoms with Gasteiger partial charge >= 0.3 is 0 Å². The van der Waals surface area contributed by atoms with Crippen molar-refractivity contribution in [3.8, 4) is 16.9 Å². The fraction of sp³-hybridized carbons (Fsp3) is 0.250. The average molecular weight is 405 g/mol. The van der Waals surface area contributed by atoms with Crippen molar-refractivity contribution in [2.45, 2.75) is 0 Å². The highest BCUT2D eigenvalue weighted by Gasteiger charge is 2.10. The van der Waals surface area contributed by atoms with Crippen molar-refractivity contribution in [1.29, 1.82) is 0 Å². The van der Waals surface area contributed by atoms with Gasteiger partial charge < -0.3 is 15.0 Å². The number of benzene rings is 2. The highest BCUT2D eigenvalue weighted by atomic mass is 16.5. The van der Waals surface area contributed by atoms with Crippen molar-refractivity contribution in [2.75, 3.05) is 40.4 Å². The van der Waals surface area contributed by atoms with Gasteiger partial charge in [0.05, 0.1) is 18.0 Å². The van der Waals surface area contributed by atoms with E-state index in [9.17, 15) is 4.79 Å². The lowest BCUT2D eigenvalue weighted by molar-refractivity contribution is -0.116. The summed E-state index contributed by atoms with van der Waals surface area (Å²) in [5.41, 5.74) is 3.70. The molecule has 3 aromatic rings. The first-order valence-electron chi connectivity index (χ1n) is 10.0. The Morgan fingerprint density at radius 1 is 1.10 bits per heavy atom. The van der Waals surface area contributed by atoms with Crippen molar-refractivity contribution >= 4 is 12.0 Å². The number of likely N-dealkylation sites (N-methyl/N-ethyl adjacent to an activating group) is 1. The van der Waals surface area contributed by atoms with Crippen LogP contribution in [0.2, 0.25) is 0 Å². The maximum Gasteiger partial charge on any atom is 0.244 e. The highest BCUT2D eigenvalue weighted by Crippen LogP contribution is 2.24. The third-order valence-corrected chi connectivity index (χ3v) is 4.69. The Morgan fingerprint density at radius 2 is 1.80 bits per heavy atom. The van der Waals surface area contributed by atoms with E-state index in [1.807, 2.05) is 84.7 Å². The van der Waals surface area contributed by atoms with Crippen LogP contribution in [-0.4, -0.2) is 61.0 Å². The third kappa shape index (κ3) is 6.14. The van der Waals surface area contributed by atoms with Crippen LogP contribution in [0.3, 0.4) is 0 Å². The maximum absolute atomic E-state index is 12.3. The molecule has 0 atom stereocenters. The molecular formula is C24H28N4O2. The van der Waals surface area contributed by atoms with E-state index in [4.69, 9.17) is 9.84 Å². The molecule has 2 aromatic carbocycles.